The Hall–Kier alpha value is -4.71. The summed E-state index contributed by atoms with van der Waals surface area (Å²) < 4.78 is 2.10. The number of oxime groups is 2. The van der Waals surface area contributed by atoms with E-state index in [9.17, 15) is 19.2 Å². The molecule has 2 aromatic carbocycles. The molecule has 0 radical (unpaired) electrons. The molecule has 2 heterocycles. The van der Waals surface area contributed by atoms with Gasteiger partial charge in [-0.25, -0.2) is 19.6 Å². The van der Waals surface area contributed by atoms with Crippen LogP contribution in [0.15, 0.2) is 57.9 Å². The normalized spacial score (nSPS) is 12.0. The smallest absolute Gasteiger partial charge is 0.332 e. The lowest BCUT2D eigenvalue weighted by Gasteiger charge is -2.07. The number of Topliss-reactive ketones (excluding diaryl/α,β-unsaturated/α-hetero) is 2. The van der Waals surface area contributed by atoms with Crippen molar-refractivity contribution >= 4 is 67.8 Å². The lowest BCUT2D eigenvalue weighted by molar-refractivity contribution is -0.141. The molecule has 0 fully saturated rings. The van der Waals surface area contributed by atoms with Gasteiger partial charge in [-0.15, -0.1) is 0 Å². The molecule has 0 amide bonds. The first-order chi connectivity index (χ1) is 24.0. The number of thioether (sulfide) groups is 1. The van der Waals surface area contributed by atoms with Crippen LogP contribution in [0.5, 0.6) is 0 Å². The molecule has 0 spiro atoms. The number of aryl methyl sites for hydroxylation is 3. The highest BCUT2D eigenvalue weighted by atomic mass is 32.2. The minimum Gasteiger partial charge on any atom is -0.341 e. The predicted octanol–water partition coefficient (Wildman–Crippen LogP) is 8.71. The molecule has 2 aromatic heterocycles. The first kappa shape index (κ1) is 38.1. The zero-order chi connectivity index (χ0) is 36.2. The molecule has 50 heavy (non-hydrogen) atoms. The highest BCUT2D eigenvalue weighted by Crippen LogP contribution is 2.32. The number of benzene rings is 2. The third kappa shape index (κ3) is 10.2. The van der Waals surface area contributed by atoms with Crippen molar-refractivity contribution in [2.24, 2.45) is 10.3 Å². The quantitative estimate of drug-likeness (QED) is 0.0155. The molecule has 4 aromatic rings. The van der Waals surface area contributed by atoms with Crippen LogP contribution >= 0.6 is 11.8 Å². The number of carbonyl (C=O) groups is 4. The molecule has 0 bridgehead atoms. The van der Waals surface area contributed by atoms with Gasteiger partial charge in [-0.05, 0) is 87.8 Å². The molecule has 4 rings (SSSR count). The van der Waals surface area contributed by atoms with Gasteiger partial charge in [0.2, 0.25) is 11.6 Å². The number of aromatic nitrogens is 3. The monoisotopic (exact) mass is 699 g/mol. The number of rotatable bonds is 17. The number of fused-ring (bicyclic) bond motifs is 3. The Labute approximate surface area is 296 Å². The summed E-state index contributed by atoms with van der Waals surface area (Å²) in [5, 5.41) is 9.53. The minimum atomic E-state index is -0.671. The van der Waals surface area contributed by atoms with Crippen LogP contribution in [0.25, 0.3) is 21.8 Å². The Morgan fingerprint density at radius 1 is 0.700 bits per heavy atom. The van der Waals surface area contributed by atoms with Crippen molar-refractivity contribution in [2.45, 2.75) is 111 Å². The van der Waals surface area contributed by atoms with Gasteiger partial charge < -0.3 is 14.2 Å². The summed E-state index contributed by atoms with van der Waals surface area (Å²) >= 11 is 0.912. The van der Waals surface area contributed by atoms with Crippen LogP contribution in [0.3, 0.4) is 0 Å². The molecule has 0 saturated carbocycles. The molecule has 0 unspecified atom stereocenters. The highest BCUT2D eigenvalue weighted by molar-refractivity contribution is 8.15. The second-order valence-corrected chi connectivity index (χ2v) is 13.2. The first-order valence-electron chi connectivity index (χ1n) is 17.2. The topological polar surface area (TPSA) is 142 Å². The van der Waals surface area contributed by atoms with Crippen LogP contribution < -0.4 is 0 Å². The van der Waals surface area contributed by atoms with Gasteiger partial charge >= 0.3 is 11.9 Å². The van der Waals surface area contributed by atoms with Crippen molar-refractivity contribution in [1.82, 2.24) is 14.5 Å². The summed E-state index contributed by atoms with van der Waals surface area (Å²) in [5.74, 6) is -2.06. The van der Waals surface area contributed by atoms with E-state index in [0.29, 0.717) is 29.2 Å². The third-order valence-electron chi connectivity index (χ3n) is 8.12. The van der Waals surface area contributed by atoms with E-state index < -0.39 is 17.7 Å². The molecule has 0 aliphatic rings. The number of hydrogen-bond donors (Lipinski definition) is 0. The fourth-order valence-corrected chi connectivity index (χ4v) is 6.64. The lowest BCUT2D eigenvalue weighted by atomic mass is 9.99. The van der Waals surface area contributed by atoms with Gasteiger partial charge in [-0.2, -0.15) is 0 Å². The zero-order valence-corrected chi connectivity index (χ0v) is 30.5. The number of carbonyl (C=O) groups excluding carboxylic acids is 4. The molecule has 12 heteroatoms. The van der Waals surface area contributed by atoms with Crippen molar-refractivity contribution in [2.75, 3.05) is 0 Å². The van der Waals surface area contributed by atoms with Gasteiger partial charge in [0.25, 0.3) is 0 Å². The van der Waals surface area contributed by atoms with Crippen molar-refractivity contribution in [3.05, 3.63) is 65.0 Å². The van der Waals surface area contributed by atoms with Crippen molar-refractivity contribution in [3.8, 4) is 0 Å². The Morgan fingerprint density at radius 3 is 1.76 bits per heavy atom. The second kappa shape index (κ2) is 18.3. The maximum atomic E-state index is 13.9. The van der Waals surface area contributed by atoms with Gasteiger partial charge in [0, 0.05) is 64.7 Å². The summed E-state index contributed by atoms with van der Waals surface area (Å²) in [6.07, 6.45) is 9.23. The van der Waals surface area contributed by atoms with Crippen molar-refractivity contribution < 1.29 is 28.9 Å². The summed E-state index contributed by atoms with van der Waals surface area (Å²) in [4.78, 5) is 69.5. The Bertz CT molecular complexity index is 1930. The van der Waals surface area contributed by atoms with E-state index in [4.69, 9.17) is 9.68 Å². The second-order valence-electron chi connectivity index (χ2n) is 12.2. The van der Waals surface area contributed by atoms with Crippen LogP contribution in [0.1, 0.15) is 118 Å². The van der Waals surface area contributed by atoms with Gasteiger partial charge in [0.15, 0.2) is 10.2 Å². The van der Waals surface area contributed by atoms with Crippen LogP contribution in [0, 0.1) is 13.8 Å². The van der Waals surface area contributed by atoms with Gasteiger partial charge in [0.05, 0.1) is 0 Å². The van der Waals surface area contributed by atoms with Crippen molar-refractivity contribution in [3.63, 3.8) is 0 Å². The number of hydrogen-bond acceptors (Lipinski definition) is 11. The largest absolute Gasteiger partial charge is 0.341 e. The Kier molecular flexibility index (Phi) is 14.0. The van der Waals surface area contributed by atoms with E-state index in [1.807, 2.05) is 39.0 Å². The molecule has 0 N–H and O–H groups in total. The molecule has 0 atom stereocenters. The standard InChI is InChI=1S/C38H45N5O6S/c1-7-9-10-11-12-13-14-15-16-32(41-48-26(5)44)35(46)28-17-19-33-30(22-28)31-23-29(18-20-34(31)43(33)8-2)36(47)37(42-49-27(6)45)50-38-39-24(3)21-25(4)40-38/h17-23H,7-16H2,1-6H3/b41-32+,42-37-. The fourth-order valence-electron chi connectivity index (χ4n) is 5.80. The van der Waals surface area contributed by atoms with Crippen LogP contribution in [0.2, 0.25) is 0 Å². The van der Waals surface area contributed by atoms with Crippen LogP contribution in [-0.4, -0.2) is 48.8 Å². The fraction of sp³-hybridized carbons (Fsp3) is 0.421. The van der Waals surface area contributed by atoms with E-state index in [1.54, 1.807) is 24.3 Å². The third-order valence-corrected chi connectivity index (χ3v) is 8.94. The lowest BCUT2D eigenvalue weighted by Crippen LogP contribution is -2.16. The zero-order valence-electron chi connectivity index (χ0n) is 29.7. The molecular formula is C38H45N5O6S. The summed E-state index contributed by atoms with van der Waals surface area (Å²) in [7, 11) is 0. The number of nitrogens with zero attached hydrogens (tertiary/aromatic N) is 5. The van der Waals surface area contributed by atoms with E-state index in [-0.39, 0.29) is 16.5 Å². The average molecular weight is 700 g/mol. The van der Waals surface area contributed by atoms with E-state index >= 15 is 0 Å². The summed E-state index contributed by atoms with van der Waals surface area (Å²) in [6.45, 7) is 11.0. The van der Waals surface area contributed by atoms with Crippen LogP contribution in [0.4, 0.5) is 0 Å². The SMILES string of the molecule is CCCCCCCCCC/C(=N\OC(C)=O)C(=O)c1ccc2c(c1)c1cc(C(=O)/C(=N/OC(C)=O)Sc3nc(C)cc(C)n3)ccc1n2CC. The highest BCUT2D eigenvalue weighted by Gasteiger charge is 2.23. The predicted molar refractivity (Wildman–Crippen MR) is 197 cm³/mol. The summed E-state index contributed by atoms with van der Waals surface area (Å²) in [5.41, 5.74) is 4.10. The van der Waals surface area contributed by atoms with Crippen molar-refractivity contribution in [1.29, 1.82) is 0 Å². The molecule has 0 saturated heterocycles. The minimum absolute atomic E-state index is 0.105. The molecule has 264 valence electrons. The Balaban J connectivity index is 1.67. The van der Waals surface area contributed by atoms with Gasteiger partial charge in [0.1, 0.15) is 5.71 Å². The molecular weight excluding hydrogens is 655 g/mol. The maximum Gasteiger partial charge on any atom is 0.332 e. The average Bonchev–Trinajstić information content (AvgIpc) is 3.40. The molecule has 0 aliphatic carbocycles. The van der Waals surface area contributed by atoms with Gasteiger partial charge in [-0.1, -0.05) is 62.2 Å². The maximum absolute atomic E-state index is 13.9. The molecule has 11 nitrogen and oxygen atoms in total. The summed E-state index contributed by atoms with van der Waals surface area (Å²) in [6, 6.07) is 12.5. The first-order valence-corrected chi connectivity index (χ1v) is 18.0. The number of unbranched alkanes of at least 4 members (excludes halogenated alkanes) is 7. The van der Waals surface area contributed by atoms with Crippen LogP contribution in [-0.2, 0) is 25.8 Å². The molecule has 0 aliphatic heterocycles. The van der Waals surface area contributed by atoms with E-state index in [1.165, 1.54) is 39.5 Å². The van der Waals surface area contributed by atoms with E-state index in [0.717, 1.165) is 70.6 Å². The number of ketones is 2. The van der Waals surface area contributed by atoms with E-state index in [2.05, 4.69) is 31.8 Å². The Morgan fingerprint density at radius 2 is 1.22 bits per heavy atom. The van der Waals surface area contributed by atoms with Gasteiger partial charge in [-0.3, -0.25) is 9.59 Å².